The summed E-state index contributed by atoms with van der Waals surface area (Å²) in [5.74, 6) is -0.223. The van der Waals surface area contributed by atoms with E-state index in [1.807, 2.05) is 11.8 Å². The largest absolute Gasteiger partial charge is 0.481 e. The minimum atomic E-state index is -0.731. The van der Waals surface area contributed by atoms with Crippen molar-refractivity contribution < 1.29 is 14.7 Å². The molecule has 0 aliphatic carbocycles. The van der Waals surface area contributed by atoms with Crippen molar-refractivity contribution in [2.75, 3.05) is 13.1 Å². The molecule has 0 aromatic heterocycles. The number of nitrogens with one attached hydrogen (secondary N) is 1. The Morgan fingerprint density at radius 1 is 1.30 bits per heavy atom. The highest BCUT2D eigenvalue weighted by Crippen LogP contribution is 2.26. The topological polar surface area (TPSA) is 69.6 Å². The molecule has 1 amide bonds. The zero-order valence-electron chi connectivity index (χ0n) is 12.5. The van der Waals surface area contributed by atoms with Gasteiger partial charge in [-0.3, -0.25) is 9.59 Å². The van der Waals surface area contributed by atoms with Crippen LogP contribution in [0.4, 0.5) is 0 Å². The van der Waals surface area contributed by atoms with E-state index in [2.05, 4.69) is 12.2 Å². The number of carboxylic acids is 1. The number of nitrogens with zero attached hydrogens (tertiary/aromatic N) is 1. The number of carbonyl (C=O) groups is 2. The van der Waals surface area contributed by atoms with Gasteiger partial charge in [0.1, 0.15) is 0 Å². The Hall–Kier alpha value is -1.10. The summed E-state index contributed by atoms with van der Waals surface area (Å²) in [7, 11) is 0. The predicted octanol–water partition coefficient (Wildman–Crippen LogP) is 1.48. The van der Waals surface area contributed by atoms with Crippen LogP contribution in [0.15, 0.2) is 0 Å². The van der Waals surface area contributed by atoms with Gasteiger partial charge in [-0.05, 0) is 45.1 Å². The van der Waals surface area contributed by atoms with E-state index in [4.69, 9.17) is 5.11 Å². The maximum absolute atomic E-state index is 12.6. The van der Waals surface area contributed by atoms with E-state index in [9.17, 15) is 9.59 Å². The molecule has 0 saturated carbocycles. The van der Waals surface area contributed by atoms with Gasteiger partial charge in [0.15, 0.2) is 0 Å². The Morgan fingerprint density at radius 3 is 2.65 bits per heavy atom. The van der Waals surface area contributed by atoms with Crippen molar-refractivity contribution in [1.29, 1.82) is 0 Å². The standard InChI is InChI=1S/C15H26N2O3/c1-3-11-4-6-16-13(9-11)14(18)17-7-5-12(15(19)20)8-10(17)2/h10-13,16H,3-9H2,1-2H3,(H,19,20). The number of rotatable bonds is 3. The molecule has 0 spiro atoms. The highest BCUT2D eigenvalue weighted by atomic mass is 16.4. The molecule has 114 valence electrons. The van der Waals surface area contributed by atoms with Gasteiger partial charge in [-0.15, -0.1) is 0 Å². The van der Waals surface area contributed by atoms with Gasteiger partial charge < -0.3 is 15.3 Å². The van der Waals surface area contributed by atoms with E-state index in [-0.39, 0.29) is 23.9 Å². The van der Waals surface area contributed by atoms with Crippen molar-refractivity contribution in [2.45, 2.75) is 58.0 Å². The lowest BCUT2D eigenvalue weighted by Crippen LogP contribution is -2.55. The number of hydrogen-bond donors (Lipinski definition) is 2. The van der Waals surface area contributed by atoms with Crippen molar-refractivity contribution in [3.63, 3.8) is 0 Å². The average Bonchev–Trinajstić information content (AvgIpc) is 2.46. The molecule has 2 aliphatic heterocycles. The van der Waals surface area contributed by atoms with Crippen LogP contribution in [0.2, 0.25) is 0 Å². The Kier molecular flexibility index (Phi) is 5.02. The van der Waals surface area contributed by atoms with Crippen LogP contribution >= 0.6 is 0 Å². The SMILES string of the molecule is CCC1CCNC(C(=O)N2CCC(C(=O)O)CC2C)C1. The molecule has 2 saturated heterocycles. The van der Waals surface area contributed by atoms with Crippen molar-refractivity contribution in [1.82, 2.24) is 10.2 Å². The molecule has 2 N–H and O–H groups in total. The first-order valence-corrected chi connectivity index (χ1v) is 7.79. The minimum absolute atomic E-state index is 0.0288. The van der Waals surface area contributed by atoms with Crippen molar-refractivity contribution in [3.8, 4) is 0 Å². The molecule has 5 nitrogen and oxygen atoms in total. The number of carbonyl (C=O) groups excluding carboxylic acids is 1. The third kappa shape index (κ3) is 3.32. The summed E-state index contributed by atoms with van der Waals surface area (Å²) in [4.78, 5) is 25.5. The quantitative estimate of drug-likeness (QED) is 0.822. The number of aliphatic carboxylic acids is 1. The Balaban J connectivity index is 1.94. The second-order valence-corrected chi connectivity index (χ2v) is 6.25. The third-order valence-corrected chi connectivity index (χ3v) is 4.90. The monoisotopic (exact) mass is 282 g/mol. The molecular weight excluding hydrogens is 256 g/mol. The van der Waals surface area contributed by atoms with Crippen LogP contribution in [0.3, 0.4) is 0 Å². The van der Waals surface area contributed by atoms with E-state index in [0.29, 0.717) is 25.3 Å². The lowest BCUT2D eigenvalue weighted by Gasteiger charge is -2.40. The fraction of sp³-hybridized carbons (Fsp3) is 0.867. The van der Waals surface area contributed by atoms with E-state index < -0.39 is 5.97 Å². The lowest BCUT2D eigenvalue weighted by atomic mass is 9.87. The van der Waals surface area contributed by atoms with E-state index >= 15 is 0 Å². The fourth-order valence-corrected chi connectivity index (χ4v) is 3.48. The first kappa shape index (κ1) is 15.3. The van der Waals surface area contributed by atoms with Crippen LogP contribution in [0.1, 0.15) is 46.0 Å². The molecular formula is C15H26N2O3. The normalized spacial score (nSPS) is 34.8. The molecule has 0 aromatic rings. The number of hydrogen-bond acceptors (Lipinski definition) is 3. The van der Waals surface area contributed by atoms with Crippen LogP contribution < -0.4 is 5.32 Å². The van der Waals surface area contributed by atoms with Gasteiger partial charge in [0, 0.05) is 12.6 Å². The lowest BCUT2D eigenvalue weighted by molar-refractivity contribution is -0.148. The smallest absolute Gasteiger partial charge is 0.306 e. The van der Waals surface area contributed by atoms with Gasteiger partial charge in [-0.25, -0.2) is 0 Å². The summed E-state index contributed by atoms with van der Waals surface area (Å²) < 4.78 is 0. The zero-order valence-corrected chi connectivity index (χ0v) is 12.5. The first-order valence-electron chi connectivity index (χ1n) is 7.79. The maximum Gasteiger partial charge on any atom is 0.306 e. The summed E-state index contributed by atoms with van der Waals surface area (Å²) in [5.41, 5.74) is 0. The van der Waals surface area contributed by atoms with E-state index in [1.54, 1.807) is 0 Å². The number of likely N-dealkylation sites (tertiary alicyclic amines) is 1. The van der Waals surface area contributed by atoms with Gasteiger partial charge in [-0.1, -0.05) is 13.3 Å². The number of carboxylic acid groups (broad SMARTS) is 1. The molecule has 4 unspecified atom stereocenters. The highest BCUT2D eigenvalue weighted by molar-refractivity contribution is 5.82. The first-order chi connectivity index (χ1) is 9.52. The van der Waals surface area contributed by atoms with Gasteiger partial charge in [0.2, 0.25) is 5.91 Å². The van der Waals surface area contributed by atoms with Gasteiger partial charge in [0.25, 0.3) is 0 Å². The van der Waals surface area contributed by atoms with Crippen molar-refractivity contribution in [2.24, 2.45) is 11.8 Å². The summed E-state index contributed by atoms with van der Waals surface area (Å²) >= 11 is 0. The predicted molar refractivity (Wildman–Crippen MR) is 76.3 cm³/mol. The molecule has 2 heterocycles. The van der Waals surface area contributed by atoms with Crippen LogP contribution in [-0.2, 0) is 9.59 Å². The molecule has 20 heavy (non-hydrogen) atoms. The van der Waals surface area contributed by atoms with Crippen LogP contribution in [0.25, 0.3) is 0 Å². The Morgan fingerprint density at radius 2 is 2.05 bits per heavy atom. The summed E-state index contributed by atoms with van der Waals surface area (Å²) in [6, 6.07) is -0.0429. The van der Waals surface area contributed by atoms with Crippen molar-refractivity contribution >= 4 is 11.9 Å². The molecule has 5 heteroatoms. The third-order valence-electron chi connectivity index (χ3n) is 4.90. The van der Waals surface area contributed by atoms with Crippen LogP contribution in [-0.4, -0.2) is 47.1 Å². The van der Waals surface area contributed by atoms with Gasteiger partial charge >= 0.3 is 5.97 Å². The highest BCUT2D eigenvalue weighted by Gasteiger charge is 2.36. The summed E-state index contributed by atoms with van der Waals surface area (Å²) in [6.07, 6.45) is 4.35. The molecule has 0 bridgehead atoms. The van der Waals surface area contributed by atoms with Crippen LogP contribution in [0.5, 0.6) is 0 Å². The molecule has 2 rings (SSSR count). The Bertz CT molecular complexity index is 372. The second kappa shape index (κ2) is 6.57. The molecule has 4 atom stereocenters. The maximum atomic E-state index is 12.6. The van der Waals surface area contributed by atoms with Crippen molar-refractivity contribution in [3.05, 3.63) is 0 Å². The summed E-state index contributed by atoms with van der Waals surface area (Å²) in [6.45, 7) is 5.63. The van der Waals surface area contributed by atoms with Crippen LogP contribution in [0, 0.1) is 11.8 Å². The van der Waals surface area contributed by atoms with Gasteiger partial charge in [0.05, 0.1) is 12.0 Å². The molecule has 2 fully saturated rings. The molecule has 2 aliphatic rings. The fourth-order valence-electron chi connectivity index (χ4n) is 3.48. The number of amides is 1. The summed E-state index contributed by atoms with van der Waals surface area (Å²) in [5, 5.41) is 12.4. The van der Waals surface area contributed by atoms with E-state index in [1.165, 1.54) is 0 Å². The Labute approximate surface area is 120 Å². The number of piperidine rings is 2. The average molecular weight is 282 g/mol. The molecule has 0 aromatic carbocycles. The molecule has 0 radical (unpaired) electrons. The van der Waals surface area contributed by atoms with Gasteiger partial charge in [-0.2, -0.15) is 0 Å². The minimum Gasteiger partial charge on any atom is -0.481 e. The second-order valence-electron chi connectivity index (χ2n) is 6.25. The zero-order chi connectivity index (χ0) is 14.7. The van der Waals surface area contributed by atoms with E-state index in [0.717, 1.165) is 25.8 Å².